The Morgan fingerprint density at radius 2 is 2.27 bits per heavy atom. The minimum Gasteiger partial charge on any atom is -0.313 e. The van der Waals surface area contributed by atoms with E-state index in [-0.39, 0.29) is 5.82 Å². The lowest BCUT2D eigenvalue weighted by Crippen LogP contribution is -2.14. The molecule has 1 N–H and O–H groups in total. The van der Waals surface area contributed by atoms with Crippen LogP contribution in [0.15, 0.2) is 18.5 Å². The molecule has 1 rings (SSSR count). The molecular weight excluding hydrogens is 191 g/mol. The third-order valence-electron chi connectivity index (χ3n) is 2.02. The van der Waals surface area contributed by atoms with Gasteiger partial charge < -0.3 is 5.32 Å². The number of aromatic nitrogens is 1. The van der Waals surface area contributed by atoms with Crippen molar-refractivity contribution in [2.75, 3.05) is 6.54 Å². The van der Waals surface area contributed by atoms with Gasteiger partial charge in [0.25, 0.3) is 0 Å². The Bertz CT molecular complexity index is 331. The summed E-state index contributed by atoms with van der Waals surface area (Å²) in [7, 11) is 0. The van der Waals surface area contributed by atoms with E-state index in [4.69, 9.17) is 6.42 Å². The van der Waals surface area contributed by atoms with Crippen molar-refractivity contribution < 1.29 is 4.39 Å². The van der Waals surface area contributed by atoms with E-state index in [1.54, 1.807) is 6.20 Å². The van der Waals surface area contributed by atoms with Gasteiger partial charge in [0.05, 0.1) is 6.20 Å². The van der Waals surface area contributed by atoms with Crippen molar-refractivity contribution >= 4 is 0 Å². The molecule has 0 atom stereocenters. The summed E-state index contributed by atoms with van der Waals surface area (Å²) in [5, 5.41) is 3.21. The molecule has 0 fully saturated rings. The number of hydrogen-bond donors (Lipinski definition) is 1. The fraction of sp³-hybridized carbons (Fsp3) is 0.417. The van der Waals surface area contributed by atoms with Gasteiger partial charge in [-0.25, -0.2) is 4.39 Å². The quantitative estimate of drug-likeness (QED) is 0.569. The summed E-state index contributed by atoms with van der Waals surface area (Å²) in [5.74, 6) is 2.31. The highest BCUT2D eigenvalue weighted by molar-refractivity contribution is 5.09. The maximum atomic E-state index is 12.7. The van der Waals surface area contributed by atoms with Crippen LogP contribution in [0.4, 0.5) is 4.39 Å². The highest BCUT2D eigenvalue weighted by atomic mass is 19.1. The summed E-state index contributed by atoms with van der Waals surface area (Å²) in [6.45, 7) is 1.55. The van der Waals surface area contributed by atoms with Gasteiger partial charge in [0, 0.05) is 19.2 Å². The first-order chi connectivity index (χ1) is 7.33. The molecule has 1 aromatic rings. The SMILES string of the molecule is C#CCCCCNCc1cncc(F)c1. The average molecular weight is 206 g/mol. The number of hydrogen-bond acceptors (Lipinski definition) is 2. The first kappa shape index (κ1) is 11.7. The van der Waals surface area contributed by atoms with Crippen LogP contribution in [0.5, 0.6) is 0 Å². The van der Waals surface area contributed by atoms with Gasteiger partial charge in [-0.1, -0.05) is 0 Å². The van der Waals surface area contributed by atoms with Crippen LogP contribution >= 0.6 is 0 Å². The highest BCUT2D eigenvalue weighted by Gasteiger charge is 1.95. The second-order valence-electron chi connectivity index (χ2n) is 3.35. The lowest BCUT2D eigenvalue weighted by atomic mass is 10.2. The van der Waals surface area contributed by atoms with E-state index in [2.05, 4.69) is 16.2 Å². The Morgan fingerprint density at radius 3 is 3.00 bits per heavy atom. The predicted octanol–water partition coefficient (Wildman–Crippen LogP) is 2.11. The maximum Gasteiger partial charge on any atom is 0.141 e. The molecule has 0 aliphatic carbocycles. The fourth-order valence-electron chi connectivity index (χ4n) is 1.26. The van der Waals surface area contributed by atoms with Crippen LogP contribution in [0.3, 0.4) is 0 Å². The number of nitrogens with one attached hydrogen (secondary N) is 1. The van der Waals surface area contributed by atoms with Crippen LogP contribution in [0.1, 0.15) is 24.8 Å². The van der Waals surface area contributed by atoms with E-state index in [0.29, 0.717) is 6.54 Å². The third-order valence-corrected chi connectivity index (χ3v) is 2.02. The molecule has 80 valence electrons. The predicted molar refractivity (Wildman–Crippen MR) is 58.6 cm³/mol. The van der Waals surface area contributed by atoms with Gasteiger partial charge in [-0.05, 0) is 31.0 Å². The standard InChI is InChI=1S/C12H15FN2/c1-2-3-4-5-6-14-8-11-7-12(13)10-15-9-11/h1,7,9-10,14H,3-6,8H2. The first-order valence-electron chi connectivity index (χ1n) is 5.06. The molecule has 3 heteroatoms. The van der Waals surface area contributed by atoms with Crippen molar-refractivity contribution in [3.05, 3.63) is 29.8 Å². The number of nitrogens with zero attached hydrogens (tertiary/aromatic N) is 1. The van der Waals surface area contributed by atoms with Crippen molar-refractivity contribution in [3.63, 3.8) is 0 Å². The zero-order valence-electron chi connectivity index (χ0n) is 8.67. The zero-order chi connectivity index (χ0) is 10.9. The van der Waals surface area contributed by atoms with Crippen molar-refractivity contribution in [1.29, 1.82) is 0 Å². The molecule has 1 heterocycles. The molecule has 0 bridgehead atoms. The van der Waals surface area contributed by atoms with Gasteiger partial charge in [-0.3, -0.25) is 4.98 Å². The molecule has 0 amide bonds. The minimum absolute atomic E-state index is 0.290. The van der Waals surface area contributed by atoms with Crippen LogP contribution in [-0.2, 0) is 6.54 Å². The molecule has 1 aromatic heterocycles. The molecule has 0 saturated carbocycles. The zero-order valence-corrected chi connectivity index (χ0v) is 8.67. The third kappa shape index (κ3) is 5.14. The van der Waals surface area contributed by atoms with Crippen LogP contribution in [-0.4, -0.2) is 11.5 Å². The molecule has 0 radical (unpaired) electrons. The van der Waals surface area contributed by atoms with Gasteiger partial charge >= 0.3 is 0 Å². The second kappa shape index (κ2) is 6.97. The van der Waals surface area contributed by atoms with Gasteiger partial charge in [0.2, 0.25) is 0 Å². The van der Waals surface area contributed by atoms with Crippen molar-refractivity contribution in [2.45, 2.75) is 25.8 Å². The van der Waals surface area contributed by atoms with E-state index >= 15 is 0 Å². The van der Waals surface area contributed by atoms with E-state index in [9.17, 15) is 4.39 Å². The van der Waals surface area contributed by atoms with Gasteiger partial charge in [-0.15, -0.1) is 12.3 Å². The van der Waals surface area contributed by atoms with Crippen LogP contribution in [0.2, 0.25) is 0 Å². The van der Waals surface area contributed by atoms with Gasteiger partial charge in [0.15, 0.2) is 0 Å². The lowest BCUT2D eigenvalue weighted by Gasteiger charge is -2.03. The van der Waals surface area contributed by atoms with Gasteiger partial charge in [0.1, 0.15) is 5.82 Å². The lowest BCUT2D eigenvalue weighted by molar-refractivity contribution is 0.604. The monoisotopic (exact) mass is 206 g/mol. The fourth-order valence-corrected chi connectivity index (χ4v) is 1.26. The summed E-state index contributed by atoms with van der Waals surface area (Å²) in [4.78, 5) is 3.77. The van der Waals surface area contributed by atoms with E-state index in [0.717, 1.165) is 31.4 Å². The van der Waals surface area contributed by atoms with E-state index in [1.165, 1.54) is 12.3 Å². The smallest absolute Gasteiger partial charge is 0.141 e. The second-order valence-corrected chi connectivity index (χ2v) is 3.35. The normalized spacial score (nSPS) is 9.87. The Labute approximate surface area is 89.9 Å². The molecule has 0 aromatic carbocycles. The Hall–Kier alpha value is -1.40. The van der Waals surface area contributed by atoms with Crippen LogP contribution in [0.25, 0.3) is 0 Å². The molecule has 0 unspecified atom stereocenters. The maximum absolute atomic E-state index is 12.7. The molecule has 0 aliphatic rings. The summed E-state index contributed by atoms with van der Waals surface area (Å²) < 4.78 is 12.7. The number of unbranched alkanes of at least 4 members (excludes halogenated alkanes) is 2. The van der Waals surface area contributed by atoms with Gasteiger partial charge in [-0.2, -0.15) is 0 Å². The minimum atomic E-state index is -0.290. The van der Waals surface area contributed by atoms with E-state index in [1.807, 2.05) is 0 Å². The average Bonchev–Trinajstić information content (AvgIpc) is 2.23. The Morgan fingerprint density at radius 1 is 1.40 bits per heavy atom. The highest BCUT2D eigenvalue weighted by Crippen LogP contribution is 2.00. The van der Waals surface area contributed by atoms with E-state index < -0.39 is 0 Å². The van der Waals surface area contributed by atoms with Crippen molar-refractivity contribution in [3.8, 4) is 12.3 Å². The molecule has 2 nitrogen and oxygen atoms in total. The Kier molecular flexibility index (Phi) is 5.42. The number of halogens is 1. The summed E-state index contributed by atoms with van der Waals surface area (Å²) in [6.07, 6.45) is 10.9. The van der Waals surface area contributed by atoms with Crippen molar-refractivity contribution in [2.24, 2.45) is 0 Å². The molecular formula is C12H15FN2. The first-order valence-corrected chi connectivity index (χ1v) is 5.06. The number of terminal acetylenes is 1. The molecule has 0 saturated heterocycles. The summed E-state index contributed by atoms with van der Waals surface area (Å²) in [6, 6.07) is 1.49. The van der Waals surface area contributed by atoms with Crippen LogP contribution in [0, 0.1) is 18.2 Å². The van der Waals surface area contributed by atoms with Crippen molar-refractivity contribution in [1.82, 2.24) is 10.3 Å². The van der Waals surface area contributed by atoms with Crippen LogP contribution < -0.4 is 5.32 Å². The molecule has 15 heavy (non-hydrogen) atoms. The summed E-state index contributed by atoms with van der Waals surface area (Å²) >= 11 is 0. The number of rotatable bonds is 6. The number of pyridine rings is 1. The molecule has 0 spiro atoms. The summed E-state index contributed by atoms with van der Waals surface area (Å²) in [5.41, 5.74) is 0.868. The topological polar surface area (TPSA) is 24.9 Å². The largest absolute Gasteiger partial charge is 0.313 e. The molecule has 0 aliphatic heterocycles. The Balaban J connectivity index is 2.13.